The molecule has 33 heavy (non-hydrogen) atoms. The molecular weight excluding hydrogens is 420 g/mol. The largest absolute Gasteiger partial charge is 0.497 e. The Hall–Kier alpha value is -3.42. The molecule has 0 aliphatic heterocycles. The Kier molecular flexibility index (Phi) is 9.23. The molecule has 0 radical (unpaired) electrons. The number of methoxy groups -OCH3 is 1. The van der Waals surface area contributed by atoms with Crippen molar-refractivity contribution in [1.82, 2.24) is 15.2 Å². The summed E-state index contributed by atoms with van der Waals surface area (Å²) in [5.74, 6) is 0.454. The predicted octanol–water partition coefficient (Wildman–Crippen LogP) is 3.29. The summed E-state index contributed by atoms with van der Waals surface area (Å²) in [5, 5.41) is 5.74. The fraction of sp³-hybridized carbons (Fsp3) is 0.440. The molecule has 176 valence electrons. The zero-order valence-electron chi connectivity index (χ0n) is 19.1. The van der Waals surface area contributed by atoms with Crippen LogP contribution in [0.1, 0.15) is 50.5 Å². The number of carbonyl (C=O) groups is 3. The number of aromatic nitrogens is 1. The third-order valence-corrected chi connectivity index (χ3v) is 5.69. The molecule has 3 rings (SSSR count). The number of hydrogen-bond donors (Lipinski definition) is 2. The van der Waals surface area contributed by atoms with E-state index in [4.69, 9.17) is 4.74 Å². The second kappa shape index (κ2) is 12.6. The van der Waals surface area contributed by atoms with E-state index in [2.05, 4.69) is 15.6 Å². The minimum Gasteiger partial charge on any atom is -0.497 e. The van der Waals surface area contributed by atoms with Crippen LogP contribution in [0.2, 0.25) is 0 Å². The van der Waals surface area contributed by atoms with Gasteiger partial charge in [-0.05, 0) is 42.7 Å². The third-order valence-electron chi connectivity index (χ3n) is 5.69. The van der Waals surface area contributed by atoms with Crippen molar-refractivity contribution in [3.05, 3.63) is 54.2 Å². The molecule has 1 aromatic carbocycles. The molecule has 2 aromatic rings. The number of nitrogens with zero attached hydrogens (tertiary/aromatic N) is 2. The van der Waals surface area contributed by atoms with Crippen LogP contribution in [-0.2, 0) is 20.9 Å². The maximum atomic E-state index is 13.0. The van der Waals surface area contributed by atoms with Crippen LogP contribution in [0.5, 0.6) is 5.75 Å². The Bertz CT molecular complexity index is 912. The number of anilines is 1. The lowest BCUT2D eigenvalue weighted by atomic mass is 9.95. The Morgan fingerprint density at radius 1 is 1.00 bits per heavy atom. The van der Waals surface area contributed by atoms with Crippen molar-refractivity contribution < 1.29 is 19.1 Å². The molecule has 1 saturated carbocycles. The van der Waals surface area contributed by atoms with Crippen LogP contribution in [0.25, 0.3) is 0 Å². The van der Waals surface area contributed by atoms with Crippen molar-refractivity contribution in [2.24, 2.45) is 0 Å². The fourth-order valence-electron chi connectivity index (χ4n) is 3.90. The van der Waals surface area contributed by atoms with Gasteiger partial charge in [-0.25, -0.2) is 4.98 Å². The number of hydrogen-bond acceptors (Lipinski definition) is 5. The Morgan fingerprint density at radius 3 is 2.42 bits per heavy atom. The second-order valence-electron chi connectivity index (χ2n) is 8.26. The molecular formula is C25H32N4O4. The van der Waals surface area contributed by atoms with E-state index in [0.717, 1.165) is 37.0 Å². The average Bonchev–Trinajstić information content (AvgIpc) is 2.84. The highest BCUT2D eigenvalue weighted by Gasteiger charge is 2.21. The molecule has 0 bridgehead atoms. The van der Waals surface area contributed by atoms with E-state index in [1.807, 2.05) is 24.3 Å². The van der Waals surface area contributed by atoms with Crippen LogP contribution in [0.4, 0.5) is 5.82 Å². The lowest BCUT2D eigenvalue weighted by molar-refractivity contribution is -0.137. The number of benzene rings is 1. The summed E-state index contributed by atoms with van der Waals surface area (Å²) < 4.78 is 5.19. The standard InChI is InChI=1S/C25H32N4O4/c1-33-21-12-10-19(11-13-21)17-29(18-24(31)27-20-7-3-2-4-8-20)25(32)15-14-23(30)28-22-9-5-6-16-26-22/h5-6,9-13,16,20H,2-4,7-8,14-15,17-18H2,1H3,(H,27,31)(H,26,28,30). The first kappa shape index (κ1) is 24.2. The number of nitrogens with one attached hydrogen (secondary N) is 2. The summed E-state index contributed by atoms with van der Waals surface area (Å²) in [6, 6.07) is 12.8. The lowest BCUT2D eigenvalue weighted by Crippen LogP contribution is -2.44. The molecule has 3 amide bonds. The normalized spacial score (nSPS) is 13.7. The monoisotopic (exact) mass is 452 g/mol. The average molecular weight is 453 g/mol. The van der Waals surface area contributed by atoms with E-state index < -0.39 is 0 Å². The van der Waals surface area contributed by atoms with Crippen LogP contribution < -0.4 is 15.4 Å². The van der Waals surface area contributed by atoms with Crippen LogP contribution in [0, 0.1) is 0 Å². The van der Waals surface area contributed by atoms with Crippen molar-refractivity contribution in [2.45, 2.75) is 57.5 Å². The topological polar surface area (TPSA) is 101 Å². The molecule has 0 saturated heterocycles. The van der Waals surface area contributed by atoms with Gasteiger partial charge in [0.1, 0.15) is 11.6 Å². The number of rotatable bonds is 10. The van der Waals surface area contributed by atoms with Crippen LogP contribution >= 0.6 is 0 Å². The van der Waals surface area contributed by atoms with Gasteiger partial charge in [-0.3, -0.25) is 14.4 Å². The van der Waals surface area contributed by atoms with Crippen LogP contribution in [-0.4, -0.2) is 47.3 Å². The SMILES string of the molecule is COc1ccc(CN(CC(=O)NC2CCCCC2)C(=O)CCC(=O)Nc2ccccn2)cc1. The molecule has 1 aromatic heterocycles. The smallest absolute Gasteiger partial charge is 0.239 e. The van der Waals surface area contributed by atoms with Crippen molar-refractivity contribution in [1.29, 1.82) is 0 Å². The predicted molar refractivity (Wildman–Crippen MR) is 126 cm³/mol. The van der Waals surface area contributed by atoms with Gasteiger partial charge < -0.3 is 20.3 Å². The van der Waals surface area contributed by atoms with Crippen LogP contribution in [0.15, 0.2) is 48.7 Å². The van der Waals surface area contributed by atoms with E-state index >= 15 is 0 Å². The molecule has 1 fully saturated rings. The van der Waals surface area contributed by atoms with Gasteiger partial charge in [0.15, 0.2) is 0 Å². The molecule has 8 nitrogen and oxygen atoms in total. The van der Waals surface area contributed by atoms with Crippen molar-refractivity contribution in [3.63, 3.8) is 0 Å². The zero-order chi connectivity index (χ0) is 23.5. The first-order valence-corrected chi connectivity index (χ1v) is 11.4. The maximum Gasteiger partial charge on any atom is 0.239 e. The van der Waals surface area contributed by atoms with E-state index in [0.29, 0.717) is 5.82 Å². The van der Waals surface area contributed by atoms with Gasteiger partial charge in [0.05, 0.1) is 13.7 Å². The second-order valence-corrected chi connectivity index (χ2v) is 8.26. The molecule has 8 heteroatoms. The highest BCUT2D eigenvalue weighted by atomic mass is 16.5. The van der Waals surface area contributed by atoms with Gasteiger partial charge in [-0.1, -0.05) is 37.5 Å². The minimum absolute atomic E-state index is 0.00549. The Labute approximate surface area is 194 Å². The number of carbonyl (C=O) groups excluding carboxylic acids is 3. The summed E-state index contributed by atoms with van der Waals surface area (Å²) >= 11 is 0. The van der Waals surface area contributed by atoms with Crippen LogP contribution in [0.3, 0.4) is 0 Å². The highest BCUT2D eigenvalue weighted by molar-refractivity contribution is 5.93. The highest BCUT2D eigenvalue weighted by Crippen LogP contribution is 2.18. The first-order valence-electron chi connectivity index (χ1n) is 11.4. The van der Waals surface area contributed by atoms with E-state index in [1.165, 1.54) is 11.3 Å². The quantitative estimate of drug-likeness (QED) is 0.576. The van der Waals surface area contributed by atoms with E-state index in [9.17, 15) is 14.4 Å². The fourth-order valence-corrected chi connectivity index (χ4v) is 3.90. The molecule has 2 N–H and O–H groups in total. The number of ether oxygens (including phenoxy) is 1. The molecule has 1 heterocycles. The molecule has 0 spiro atoms. The molecule has 1 aliphatic carbocycles. The van der Waals surface area contributed by atoms with Gasteiger partial charge in [-0.2, -0.15) is 0 Å². The summed E-state index contributed by atoms with van der Waals surface area (Å²) in [6.45, 7) is 0.242. The maximum absolute atomic E-state index is 13.0. The summed E-state index contributed by atoms with van der Waals surface area (Å²) in [5.41, 5.74) is 0.882. The molecule has 0 unspecified atom stereocenters. The van der Waals surface area contributed by atoms with Gasteiger partial charge >= 0.3 is 0 Å². The summed E-state index contributed by atoms with van der Waals surface area (Å²) in [7, 11) is 1.59. The van der Waals surface area contributed by atoms with Crippen molar-refractivity contribution >= 4 is 23.5 Å². The number of pyridine rings is 1. The lowest BCUT2D eigenvalue weighted by Gasteiger charge is -2.26. The molecule has 0 atom stereocenters. The first-order chi connectivity index (χ1) is 16.0. The third kappa shape index (κ3) is 8.21. The van der Waals surface area contributed by atoms with Gasteiger partial charge in [0.2, 0.25) is 17.7 Å². The van der Waals surface area contributed by atoms with Gasteiger partial charge in [0, 0.05) is 31.6 Å². The van der Waals surface area contributed by atoms with E-state index in [-0.39, 0.29) is 49.7 Å². The number of amides is 3. The van der Waals surface area contributed by atoms with Gasteiger partial charge in [-0.15, -0.1) is 0 Å². The van der Waals surface area contributed by atoms with Gasteiger partial charge in [0.25, 0.3) is 0 Å². The van der Waals surface area contributed by atoms with E-state index in [1.54, 1.807) is 31.5 Å². The van der Waals surface area contributed by atoms with Crippen molar-refractivity contribution in [2.75, 3.05) is 19.0 Å². The Balaban J connectivity index is 1.59. The summed E-state index contributed by atoms with van der Waals surface area (Å²) in [6.07, 6.45) is 6.99. The minimum atomic E-state index is -0.293. The zero-order valence-corrected chi connectivity index (χ0v) is 19.1. The molecule has 1 aliphatic rings. The van der Waals surface area contributed by atoms with Crippen molar-refractivity contribution in [3.8, 4) is 5.75 Å². The summed E-state index contributed by atoms with van der Waals surface area (Å²) in [4.78, 5) is 43.5. The Morgan fingerprint density at radius 2 is 1.76 bits per heavy atom.